The minimum absolute atomic E-state index is 0.0405. The van der Waals surface area contributed by atoms with Gasteiger partial charge in [0.25, 0.3) is 5.91 Å². The van der Waals surface area contributed by atoms with Crippen LogP contribution in [0.15, 0.2) is 43.0 Å². The molecule has 1 aliphatic heterocycles. The average molecular weight is 203 g/mol. The van der Waals surface area contributed by atoms with E-state index in [1.807, 2.05) is 30.3 Å². The van der Waals surface area contributed by atoms with E-state index in [9.17, 15) is 4.79 Å². The maximum Gasteiger partial charge on any atom is 0.252 e. The molecule has 1 heterocycles. The summed E-state index contributed by atoms with van der Waals surface area (Å²) >= 11 is 0. The molecule has 0 unspecified atom stereocenters. The Morgan fingerprint density at radius 2 is 2.13 bits per heavy atom. The van der Waals surface area contributed by atoms with Crippen LogP contribution >= 0.6 is 0 Å². The summed E-state index contributed by atoms with van der Waals surface area (Å²) in [5.74, 6) is -0.0594. The largest absolute Gasteiger partial charge is 0.361 e. The Kier molecular flexibility index (Phi) is 2.83. The van der Waals surface area contributed by atoms with Gasteiger partial charge in [-0.15, -0.1) is 6.58 Å². The molecule has 2 atom stereocenters. The predicted molar refractivity (Wildman–Crippen MR) is 57.1 cm³/mol. The van der Waals surface area contributed by atoms with E-state index in [0.717, 1.165) is 5.56 Å². The van der Waals surface area contributed by atoms with E-state index < -0.39 is 0 Å². The van der Waals surface area contributed by atoms with Crippen LogP contribution in [0.5, 0.6) is 0 Å². The van der Waals surface area contributed by atoms with Crippen LogP contribution in [-0.4, -0.2) is 18.1 Å². The number of carbonyl (C=O) groups is 1. The molecule has 3 heteroatoms. The van der Waals surface area contributed by atoms with Gasteiger partial charge >= 0.3 is 0 Å². The van der Waals surface area contributed by atoms with Gasteiger partial charge in [-0.05, 0) is 5.56 Å². The van der Waals surface area contributed by atoms with Gasteiger partial charge in [-0.25, -0.2) is 0 Å². The number of rotatable bonds is 4. The van der Waals surface area contributed by atoms with Gasteiger partial charge in [0.15, 0.2) is 6.10 Å². The summed E-state index contributed by atoms with van der Waals surface area (Å²) < 4.78 is 5.50. The minimum Gasteiger partial charge on any atom is -0.361 e. The van der Waals surface area contributed by atoms with E-state index in [2.05, 4.69) is 11.9 Å². The second-order valence-corrected chi connectivity index (χ2v) is 3.49. The van der Waals surface area contributed by atoms with Crippen LogP contribution in [0, 0.1) is 0 Å². The Labute approximate surface area is 88.8 Å². The standard InChI is InChI=1S/C12H13NO2/c1-2-10-11(12(14)13-10)15-8-9-6-4-3-5-7-9/h2-7,10-11H,1,8H2,(H,13,14)/t10-,11+/m0/s1. The van der Waals surface area contributed by atoms with E-state index in [1.54, 1.807) is 6.08 Å². The molecule has 1 amide bonds. The predicted octanol–water partition coefficient (Wildman–Crippen LogP) is 1.26. The van der Waals surface area contributed by atoms with Crippen molar-refractivity contribution in [1.29, 1.82) is 0 Å². The SMILES string of the molecule is C=C[C@@H]1NC(=O)[C@@H]1OCc1ccccc1. The number of amides is 1. The first-order valence-electron chi connectivity index (χ1n) is 4.90. The molecule has 1 N–H and O–H groups in total. The molecule has 0 saturated carbocycles. The molecule has 0 bridgehead atoms. The number of hydrogen-bond donors (Lipinski definition) is 1. The fourth-order valence-corrected chi connectivity index (χ4v) is 1.51. The number of carbonyl (C=O) groups excluding carboxylic acids is 1. The summed E-state index contributed by atoms with van der Waals surface area (Å²) in [7, 11) is 0. The van der Waals surface area contributed by atoms with Gasteiger partial charge in [0.1, 0.15) is 0 Å². The Morgan fingerprint density at radius 1 is 1.40 bits per heavy atom. The quantitative estimate of drug-likeness (QED) is 0.591. The summed E-state index contributed by atoms with van der Waals surface area (Å²) in [6.07, 6.45) is 1.32. The van der Waals surface area contributed by atoms with E-state index in [0.29, 0.717) is 6.61 Å². The van der Waals surface area contributed by atoms with Crippen molar-refractivity contribution in [3.63, 3.8) is 0 Å². The first kappa shape index (κ1) is 9.93. The van der Waals surface area contributed by atoms with Gasteiger partial charge in [-0.1, -0.05) is 36.4 Å². The van der Waals surface area contributed by atoms with Crippen molar-refractivity contribution in [2.45, 2.75) is 18.8 Å². The number of benzene rings is 1. The van der Waals surface area contributed by atoms with E-state index >= 15 is 0 Å². The van der Waals surface area contributed by atoms with Crippen LogP contribution in [0.4, 0.5) is 0 Å². The maximum atomic E-state index is 11.1. The minimum atomic E-state index is -0.372. The Morgan fingerprint density at radius 3 is 2.73 bits per heavy atom. The second-order valence-electron chi connectivity index (χ2n) is 3.49. The third-order valence-electron chi connectivity index (χ3n) is 2.42. The third-order valence-corrected chi connectivity index (χ3v) is 2.42. The Bertz CT molecular complexity index is 361. The molecule has 3 nitrogen and oxygen atoms in total. The second kappa shape index (κ2) is 4.28. The lowest BCUT2D eigenvalue weighted by Crippen LogP contribution is -2.62. The van der Waals surface area contributed by atoms with Crippen molar-refractivity contribution in [1.82, 2.24) is 5.32 Å². The molecule has 2 rings (SSSR count). The highest BCUT2D eigenvalue weighted by atomic mass is 16.5. The van der Waals surface area contributed by atoms with Gasteiger partial charge in [0.05, 0.1) is 12.6 Å². The number of β-lactam (4-membered cyclic amide) rings is 1. The molecule has 0 radical (unpaired) electrons. The molecule has 1 aromatic carbocycles. The summed E-state index contributed by atoms with van der Waals surface area (Å²) in [5.41, 5.74) is 1.07. The van der Waals surface area contributed by atoms with Gasteiger partial charge in [-0.2, -0.15) is 0 Å². The molecule has 78 valence electrons. The van der Waals surface area contributed by atoms with Crippen LogP contribution in [0.25, 0.3) is 0 Å². The van der Waals surface area contributed by atoms with Crippen molar-refractivity contribution in [3.05, 3.63) is 48.6 Å². The normalized spacial score (nSPS) is 24.1. The molecule has 1 aromatic rings. The van der Waals surface area contributed by atoms with Crippen LogP contribution in [0.3, 0.4) is 0 Å². The average Bonchev–Trinajstić information content (AvgIpc) is 2.27. The zero-order valence-electron chi connectivity index (χ0n) is 8.35. The molecule has 1 fully saturated rings. The summed E-state index contributed by atoms with van der Waals surface area (Å²) in [6.45, 7) is 4.09. The van der Waals surface area contributed by atoms with Crippen LogP contribution in [0.1, 0.15) is 5.56 Å². The van der Waals surface area contributed by atoms with Crippen molar-refractivity contribution in [3.8, 4) is 0 Å². The lowest BCUT2D eigenvalue weighted by atomic mass is 10.0. The van der Waals surface area contributed by atoms with Gasteiger partial charge in [0.2, 0.25) is 0 Å². The molecule has 1 aliphatic rings. The Balaban J connectivity index is 1.88. The highest BCUT2D eigenvalue weighted by molar-refractivity contribution is 5.88. The molecule has 0 aliphatic carbocycles. The molecular formula is C12H13NO2. The highest BCUT2D eigenvalue weighted by Crippen LogP contribution is 2.14. The van der Waals surface area contributed by atoms with Gasteiger partial charge in [0, 0.05) is 0 Å². The first-order valence-corrected chi connectivity index (χ1v) is 4.90. The zero-order valence-corrected chi connectivity index (χ0v) is 8.35. The van der Waals surface area contributed by atoms with Crippen LogP contribution in [0.2, 0.25) is 0 Å². The van der Waals surface area contributed by atoms with Crippen molar-refractivity contribution < 1.29 is 9.53 Å². The van der Waals surface area contributed by atoms with E-state index in [1.165, 1.54) is 0 Å². The van der Waals surface area contributed by atoms with E-state index in [-0.39, 0.29) is 18.1 Å². The zero-order chi connectivity index (χ0) is 10.7. The highest BCUT2D eigenvalue weighted by Gasteiger charge is 2.37. The molecular weight excluding hydrogens is 190 g/mol. The summed E-state index contributed by atoms with van der Waals surface area (Å²) in [4.78, 5) is 11.1. The molecule has 1 saturated heterocycles. The van der Waals surface area contributed by atoms with Crippen molar-refractivity contribution in [2.24, 2.45) is 0 Å². The van der Waals surface area contributed by atoms with E-state index in [4.69, 9.17) is 4.74 Å². The Hall–Kier alpha value is -1.61. The van der Waals surface area contributed by atoms with Crippen molar-refractivity contribution in [2.75, 3.05) is 0 Å². The topological polar surface area (TPSA) is 38.3 Å². The smallest absolute Gasteiger partial charge is 0.252 e. The first-order chi connectivity index (χ1) is 7.31. The number of ether oxygens (including phenoxy) is 1. The number of nitrogens with one attached hydrogen (secondary N) is 1. The lowest BCUT2D eigenvalue weighted by Gasteiger charge is -2.34. The molecule has 0 aromatic heterocycles. The maximum absolute atomic E-state index is 11.1. The van der Waals surface area contributed by atoms with Gasteiger partial charge in [-0.3, -0.25) is 4.79 Å². The van der Waals surface area contributed by atoms with Gasteiger partial charge < -0.3 is 10.1 Å². The fraction of sp³-hybridized carbons (Fsp3) is 0.250. The van der Waals surface area contributed by atoms with Crippen LogP contribution in [-0.2, 0) is 16.1 Å². The third kappa shape index (κ3) is 2.07. The summed E-state index contributed by atoms with van der Waals surface area (Å²) in [6, 6.07) is 9.75. The van der Waals surface area contributed by atoms with Crippen molar-refractivity contribution >= 4 is 5.91 Å². The molecule has 15 heavy (non-hydrogen) atoms. The monoisotopic (exact) mass is 203 g/mol. The fourth-order valence-electron chi connectivity index (χ4n) is 1.51. The lowest BCUT2D eigenvalue weighted by molar-refractivity contribution is -0.146. The number of hydrogen-bond acceptors (Lipinski definition) is 2. The van der Waals surface area contributed by atoms with Crippen LogP contribution < -0.4 is 5.32 Å². The molecule has 0 spiro atoms. The summed E-state index contributed by atoms with van der Waals surface area (Å²) in [5, 5.41) is 2.70.